The van der Waals surface area contributed by atoms with Gasteiger partial charge in [-0.25, -0.2) is 9.78 Å². The fourth-order valence-corrected chi connectivity index (χ4v) is 2.82. The summed E-state index contributed by atoms with van der Waals surface area (Å²) in [6.07, 6.45) is 3.24. The number of carbonyl (C=O) groups is 1. The van der Waals surface area contributed by atoms with E-state index in [1.54, 1.807) is 12.5 Å². The molecule has 0 spiro atoms. The van der Waals surface area contributed by atoms with E-state index in [0.717, 1.165) is 6.54 Å². The Balaban J connectivity index is 2.10. The Bertz CT molecular complexity index is 636. The molecule has 5 heteroatoms. The van der Waals surface area contributed by atoms with Crippen LogP contribution in [0.2, 0.25) is 0 Å². The Morgan fingerprint density at radius 1 is 1.45 bits per heavy atom. The van der Waals surface area contributed by atoms with Crippen molar-refractivity contribution in [2.45, 2.75) is 25.6 Å². The second-order valence-electron chi connectivity index (χ2n) is 4.99. The highest BCUT2D eigenvalue weighted by atomic mass is 16.5. The van der Waals surface area contributed by atoms with Gasteiger partial charge in [-0.2, -0.15) is 0 Å². The predicted octanol–water partition coefficient (Wildman–Crippen LogP) is 1.75. The number of methoxy groups -OCH3 is 1. The van der Waals surface area contributed by atoms with Crippen molar-refractivity contribution in [1.29, 1.82) is 0 Å². The topological polar surface area (TPSA) is 56.1 Å². The van der Waals surface area contributed by atoms with Gasteiger partial charge in [-0.1, -0.05) is 24.3 Å². The quantitative estimate of drug-likeness (QED) is 0.845. The number of benzene rings is 1. The Labute approximate surface area is 117 Å². The average molecular weight is 271 g/mol. The monoisotopic (exact) mass is 271 g/mol. The molecule has 1 aliphatic heterocycles. The lowest BCUT2D eigenvalue weighted by Crippen LogP contribution is -2.40. The number of imidazole rings is 1. The summed E-state index contributed by atoms with van der Waals surface area (Å²) in [7, 11) is 1.39. The third kappa shape index (κ3) is 2.00. The highest BCUT2D eigenvalue weighted by molar-refractivity contribution is 5.87. The minimum Gasteiger partial charge on any atom is -0.464 e. The number of rotatable bonds is 2. The van der Waals surface area contributed by atoms with Crippen molar-refractivity contribution in [2.75, 3.05) is 7.11 Å². The van der Waals surface area contributed by atoms with Crippen molar-refractivity contribution in [2.24, 2.45) is 0 Å². The maximum atomic E-state index is 11.9. The molecule has 0 radical (unpaired) electrons. The summed E-state index contributed by atoms with van der Waals surface area (Å²) < 4.78 is 6.72. The summed E-state index contributed by atoms with van der Waals surface area (Å²) >= 11 is 0. The molecule has 2 unspecified atom stereocenters. The number of esters is 1. The van der Waals surface area contributed by atoms with Crippen molar-refractivity contribution in [3.63, 3.8) is 0 Å². The molecule has 1 aromatic carbocycles. The Hall–Kier alpha value is -2.14. The van der Waals surface area contributed by atoms with E-state index in [1.807, 2.05) is 16.7 Å². The normalized spacial score (nSPS) is 21.3. The minimum absolute atomic E-state index is 0.0385. The van der Waals surface area contributed by atoms with Crippen LogP contribution in [0.1, 0.15) is 34.6 Å². The van der Waals surface area contributed by atoms with E-state index < -0.39 is 0 Å². The molecular formula is C15H17N3O2. The van der Waals surface area contributed by atoms with Crippen molar-refractivity contribution >= 4 is 5.97 Å². The molecule has 0 bridgehead atoms. The molecule has 2 heterocycles. The first-order valence-electron chi connectivity index (χ1n) is 6.63. The lowest BCUT2D eigenvalue weighted by molar-refractivity contribution is 0.0585. The Kier molecular flexibility index (Phi) is 3.28. The molecular weight excluding hydrogens is 254 g/mol. The van der Waals surface area contributed by atoms with Gasteiger partial charge in [0, 0.05) is 12.6 Å². The standard InChI is InChI=1S/C15H17N3O2/c1-10-14(12-6-4-3-5-11(12)7-17-10)18-9-16-8-13(18)15(19)20-2/h3-6,8-10,14,17H,7H2,1-2H3. The summed E-state index contributed by atoms with van der Waals surface area (Å²) in [6.45, 7) is 2.96. The minimum atomic E-state index is -0.363. The summed E-state index contributed by atoms with van der Waals surface area (Å²) in [4.78, 5) is 16.0. The van der Waals surface area contributed by atoms with Gasteiger partial charge in [0.15, 0.2) is 0 Å². The van der Waals surface area contributed by atoms with E-state index in [-0.39, 0.29) is 18.1 Å². The van der Waals surface area contributed by atoms with Crippen molar-refractivity contribution in [3.8, 4) is 0 Å². The highest BCUT2D eigenvalue weighted by Gasteiger charge is 2.30. The number of nitrogens with zero attached hydrogens (tertiary/aromatic N) is 2. The third-order valence-electron chi connectivity index (χ3n) is 3.82. The second kappa shape index (κ2) is 5.09. The van der Waals surface area contributed by atoms with Crippen LogP contribution in [0.3, 0.4) is 0 Å². The zero-order valence-electron chi connectivity index (χ0n) is 11.5. The zero-order chi connectivity index (χ0) is 14.1. The first-order chi connectivity index (χ1) is 9.72. The SMILES string of the molecule is COC(=O)c1cncn1C1c2ccccc2CNC1C. The van der Waals surface area contributed by atoms with Gasteiger partial charge in [0.1, 0.15) is 5.69 Å². The third-order valence-corrected chi connectivity index (χ3v) is 3.82. The molecule has 0 amide bonds. The van der Waals surface area contributed by atoms with Gasteiger partial charge in [0.2, 0.25) is 0 Å². The first kappa shape index (κ1) is 12.9. The van der Waals surface area contributed by atoms with Crippen molar-refractivity contribution < 1.29 is 9.53 Å². The predicted molar refractivity (Wildman–Crippen MR) is 74.4 cm³/mol. The zero-order valence-corrected chi connectivity index (χ0v) is 11.5. The van der Waals surface area contributed by atoms with E-state index in [1.165, 1.54) is 18.2 Å². The maximum Gasteiger partial charge on any atom is 0.356 e. The average Bonchev–Trinajstić information content (AvgIpc) is 2.95. The van der Waals surface area contributed by atoms with Gasteiger partial charge in [0.05, 0.1) is 25.7 Å². The molecule has 1 N–H and O–H groups in total. The van der Waals surface area contributed by atoms with Crippen LogP contribution in [0, 0.1) is 0 Å². The fraction of sp³-hybridized carbons (Fsp3) is 0.333. The molecule has 0 fully saturated rings. The molecule has 5 nitrogen and oxygen atoms in total. The maximum absolute atomic E-state index is 11.9. The molecule has 1 aromatic heterocycles. The van der Waals surface area contributed by atoms with Gasteiger partial charge >= 0.3 is 5.97 Å². The van der Waals surface area contributed by atoms with E-state index >= 15 is 0 Å². The molecule has 0 saturated carbocycles. The van der Waals surface area contributed by atoms with Crippen LogP contribution in [0.4, 0.5) is 0 Å². The molecule has 104 valence electrons. The number of ether oxygens (including phenoxy) is 1. The number of carbonyl (C=O) groups excluding carboxylic acids is 1. The summed E-state index contributed by atoms with van der Waals surface area (Å²) in [5, 5.41) is 3.46. The van der Waals surface area contributed by atoms with Crippen molar-refractivity contribution in [3.05, 3.63) is 53.6 Å². The number of nitrogens with one attached hydrogen (secondary N) is 1. The van der Waals surface area contributed by atoms with Crippen LogP contribution < -0.4 is 5.32 Å². The number of aromatic nitrogens is 2. The van der Waals surface area contributed by atoms with Crippen LogP contribution in [-0.2, 0) is 11.3 Å². The van der Waals surface area contributed by atoms with E-state index in [0.29, 0.717) is 5.69 Å². The molecule has 2 aromatic rings. The Morgan fingerprint density at radius 3 is 3.05 bits per heavy atom. The van der Waals surface area contributed by atoms with Crippen LogP contribution in [-0.4, -0.2) is 28.7 Å². The largest absolute Gasteiger partial charge is 0.464 e. The lowest BCUT2D eigenvalue weighted by Gasteiger charge is -2.34. The van der Waals surface area contributed by atoms with E-state index in [2.05, 4.69) is 29.4 Å². The van der Waals surface area contributed by atoms with Crippen LogP contribution >= 0.6 is 0 Å². The number of hydrogen-bond acceptors (Lipinski definition) is 4. The molecule has 0 aliphatic carbocycles. The Morgan fingerprint density at radius 2 is 2.25 bits per heavy atom. The second-order valence-corrected chi connectivity index (χ2v) is 4.99. The van der Waals surface area contributed by atoms with Crippen LogP contribution in [0.15, 0.2) is 36.8 Å². The molecule has 2 atom stereocenters. The van der Waals surface area contributed by atoms with E-state index in [4.69, 9.17) is 4.74 Å². The number of hydrogen-bond donors (Lipinski definition) is 1. The molecule has 1 aliphatic rings. The smallest absolute Gasteiger partial charge is 0.356 e. The van der Waals surface area contributed by atoms with Crippen LogP contribution in [0.5, 0.6) is 0 Å². The number of fused-ring (bicyclic) bond motifs is 1. The summed E-state index contributed by atoms with van der Waals surface area (Å²) in [6, 6.07) is 8.52. The molecule has 3 rings (SSSR count). The van der Waals surface area contributed by atoms with E-state index in [9.17, 15) is 4.79 Å². The van der Waals surface area contributed by atoms with Crippen LogP contribution in [0.25, 0.3) is 0 Å². The summed E-state index contributed by atoms with van der Waals surface area (Å²) in [5.41, 5.74) is 2.95. The summed E-state index contributed by atoms with van der Waals surface area (Å²) in [5.74, 6) is -0.363. The first-order valence-corrected chi connectivity index (χ1v) is 6.63. The van der Waals surface area contributed by atoms with Gasteiger partial charge < -0.3 is 14.6 Å². The lowest BCUT2D eigenvalue weighted by atomic mass is 9.91. The molecule has 0 saturated heterocycles. The van der Waals surface area contributed by atoms with Gasteiger partial charge in [-0.05, 0) is 18.1 Å². The fourth-order valence-electron chi connectivity index (χ4n) is 2.82. The van der Waals surface area contributed by atoms with Crippen molar-refractivity contribution in [1.82, 2.24) is 14.9 Å². The highest BCUT2D eigenvalue weighted by Crippen LogP contribution is 2.30. The molecule has 20 heavy (non-hydrogen) atoms. The van der Waals surface area contributed by atoms with Gasteiger partial charge in [-0.15, -0.1) is 0 Å². The van der Waals surface area contributed by atoms with Gasteiger partial charge in [0.25, 0.3) is 0 Å². The van der Waals surface area contributed by atoms with Gasteiger partial charge in [-0.3, -0.25) is 0 Å².